The topological polar surface area (TPSA) is 134 Å². The van der Waals surface area contributed by atoms with E-state index in [1.165, 1.54) is 44.5 Å². The van der Waals surface area contributed by atoms with Crippen molar-refractivity contribution in [3.63, 3.8) is 0 Å². The summed E-state index contributed by atoms with van der Waals surface area (Å²) in [6.45, 7) is 0. The zero-order valence-corrected chi connectivity index (χ0v) is 29.5. The van der Waals surface area contributed by atoms with Crippen LogP contribution in [0.15, 0.2) is 72.8 Å². The fourth-order valence-electron chi connectivity index (χ4n) is 12.9. The van der Waals surface area contributed by atoms with Gasteiger partial charge >= 0.3 is 15.6 Å². The largest absolute Gasteiger partial charge is 0.524 e. The van der Waals surface area contributed by atoms with Crippen molar-refractivity contribution >= 4 is 15.6 Å². The molecular weight excluding hydrogens is 694 g/mol. The first-order valence-corrected chi connectivity index (χ1v) is 21.3. The van der Waals surface area contributed by atoms with E-state index in [0.717, 1.165) is 35.1 Å². The minimum absolute atomic E-state index is 0.187. The van der Waals surface area contributed by atoms with Crippen molar-refractivity contribution in [1.82, 2.24) is 0 Å². The van der Waals surface area contributed by atoms with Crippen LogP contribution in [0.5, 0.6) is 11.5 Å². The third kappa shape index (κ3) is 3.46. The molecular formula is C42H32O8P2. The van der Waals surface area contributed by atoms with Gasteiger partial charge in [0.2, 0.25) is 0 Å². The van der Waals surface area contributed by atoms with Gasteiger partial charge in [-0.25, -0.2) is 9.13 Å². The first-order valence-electron chi connectivity index (χ1n) is 18.3. The number of rotatable bonds is 4. The second-order valence-corrected chi connectivity index (χ2v) is 18.6. The lowest BCUT2D eigenvalue weighted by molar-refractivity contribution is 0.275. The molecule has 5 aromatic carbocycles. The molecule has 0 radical (unpaired) electrons. The highest BCUT2D eigenvalue weighted by Gasteiger charge is 2.56. The van der Waals surface area contributed by atoms with Gasteiger partial charge in [-0.1, -0.05) is 72.8 Å². The van der Waals surface area contributed by atoms with Crippen LogP contribution >= 0.6 is 15.6 Å². The van der Waals surface area contributed by atoms with Crippen LogP contribution in [0.1, 0.15) is 162 Å². The molecule has 0 aromatic heterocycles. The minimum atomic E-state index is -5.03. The molecule has 8 aliphatic carbocycles. The maximum Gasteiger partial charge on any atom is 0.524 e. The maximum atomic E-state index is 12.8. The van der Waals surface area contributed by atoms with E-state index in [2.05, 4.69) is 72.8 Å². The lowest BCUT2D eigenvalue weighted by Crippen LogP contribution is -2.16. The highest BCUT2D eigenvalue weighted by molar-refractivity contribution is 7.47. The van der Waals surface area contributed by atoms with Gasteiger partial charge in [0.15, 0.2) is 0 Å². The van der Waals surface area contributed by atoms with Crippen molar-refractivity contribution in [3.8, 4) is 11.5 Å². The van der Waals surface area contributed by atoms with E-state index in [4.69, 9.17) is 9.05 Å². The maximum absolute atomic E-state index is 12.8. The molecule has 8 bridgehead atoms. The van der Waals surface area contributed by atoms with Crippen LogP contribution in [0.4, 0.5) is 0 Å². The van der Waals surface area contributed by atoms with Crippen LogP contribution in [0.2, 0.25) is 0 Å². The Balaban J connectivity index is 1.03. The first-order chi connectivity index (χ1) is 25.0. The van der Waals surface area contributed by atoms with Gasteiger partial charge in [-0.05, 0) is 92.4 Å². The molecule has 0 fully saturated rings. The molecule has 4 N–H and O–H groups in total. The average Bonchev–Trinajstić information content (AvgIpc) is 3.98. The first kappa shape index (κ1) is 29.5. The molecule has 8 aliphatic rings. The van der Waals surface area contributed by atoms with E-state index in [1.807, 2.05) is 0 Å². The number of fused-ring (bicyclic) bond motifs is 32. The Kier molecular flexibility index (Phi) is 5.21. The molecule has 52 heavy (non-hydrogen) atoms. The van der Waals surface area contributed by atoms with E-state index in [0.29, 0.717) is 58.8 Å². The molecule has 13 rings (SSSR count). The molecule has 0 saturated heterocycles. The quantitative estimate of drug-likeness (QED) is 0.136. The van der Waals surface area contributed by atoms with E-state index < -0.39 is 15.6 Å². The van der Waals surface area contributed by atoms with Crippen LogP contribution in [0.3, 0.4) is 0 Å². The normalized spacial score (nSPS) is 29.0. The molecule has 258 valence electrons. The van der Waals surface area contributed by atoms with E-state index in [-0.39, 0.29) is 35.2 Å². The van der Waals surface area contributed by atoms with E-state index >= 15 is 0 Å². The van der Waals surface area contributed by atoms with Crippen molar-refractivity contribution < 1.29 is 37.8 Å². The van der Waals surface area contributed by atoms with Crippen molar-refractivity contribution in [2.45, 2.75) is 73.0 Å². The van der Waals surface area contributed by atoms with Gasteiger partial charge in [0.1, 0.15) is 11.5 Å². The Hall–Kier alpha value is -4.00. The molecule has 6 unspecified atom stereocenters. The van der Waals surface area contributed by atoms with Gasteiger partial charge in [0.25, 0.3) is 0 Å². The van der Waals surface area contributed by atoms with Gasteiger partial charge in [-0.3, -0.25) is 19.6 Å². The minimum Gasteiger partial charge on any atom is -0.404 e. The zero-order chi connectivity index (χ0) is 34.7. The second kappa shape index (κ2) is 9.19. The van der Waals surface area contributed by atoms with Crippen LogP contribution in [-0.4, -0.2) is 19.6 Å². The highest BCUT2D eigenvalue weighted by atomic mass is 31.2. The summed E-state index contributed by atoms with van der Waals surface area (Å²) in [7, 11) is -10.1. The molecule has 10 heteroatoms. The molecule has 0 spiro atoms. The number of hydrogen-bond acceptors (Lipinski definition) is 4. The van der Waals surface area contributed by atoms with Crippen molar-refractivity contribution in [2.24, 2.45) is 0 Å². The lowest BCUT2D eigenvalue weighted by Gasteiger charge is -2.33. The monoisotopic (exact) mass is 726 g/mol. The SMILES string of the molecule is O=P(O)(O)Oc1c2c(c(OP(=O)(O)O)c3c1C1C[C@H]3c3cc4c(cc31)C1C[C@H]4c3ccccc31)C1CC2c2cc3c(cc21)C1CC3c2ccccc21. The molecule has 5 aromatic rings. The Morgan fingerprint density at radius 3 is 0.865 bits per heavy atom. The third-order valence-electron chi connectivity index (χ3n) is 14.3. The number of benzene rings is 5. The standard InChI is InChI=1S/C42H32O8P2/c43-51(44,45)49-41-37-33-15-34(30-12-26-22-9-21(25(26)11-29(30)33)17-5-1-2-6-18(17)22)38(37)42(50-52(46,47)48)40-36-16-35(39(40)41)31-13-27-23-10-24(28(27)14-32(31)36)20-8-4-3-7-19(20)23/h1-8,11-14,21-24,33-36H,9-10,15-16H2,(H2,43,44,45)(H2,46,47,48)/t21-,22?,23?,24?,33-,34?,35?,36?/m0/s1. The summed E-state index contributed by atoms with van der Waals surface area (Å²) in [5.74, 6) is 0.661. The van der Waals surface area contributed by atoms with Gasteiger partial charge in [0.05, 0.1) is 0 Å². The second-order valence-electron chi connectivity index (χ2n) is 16.3. The third-order valence-corrected chi connectivity index (χ3v) is 15.2. The molecule has 8 atom stereocenters. The summed E-state index contributed by atoms with van der Waals surface area (Å²) >= 11 is 0. The smallest absolute Gasteiger partial charge is 0.404 e. The Labute approximate surface area is 298 Å². The molecule has 8 nitrogen and oxygen atoms in total. The fourth-order valence-corrected chi connectivity index (χ4v) is 13.7. The van der Waals surface area contributed by atoms with Crippen LogP contribution in [0.25, 0.3) is 0 Å². The number of phosphoric acid groups is 2. The highest BCUT2D eigenvalue weighted by Crippen LogP contribution is 2.73. The number of phosphoric ester groups is 2. The van der Waals surface area contributed by atoms with Crippen LogP contribution in [-0.2, 0) is 9.13 Å². The summed E-state index contributed by atoms with van der Waals surface area (Å²) in [5.41, 5.74) is 17.7. The van der Waals surface area contributed by atoms with Gasteiger partial charge in [0, 0.05) is 69.6 Å². The Morgan fingerprint density at radius 1 is 0.385 bits per heavy atom. The number of hydrogen-bond donors (Lipinski definition) is 4. The van der Waals surface area contributed by atoms with Crippen molar-refractivity contribution in [3.05, 3.63) is 162 Å². The molecule has 0 aliphatic heterocycles. The molecule has 0 heterocycles. The molecule has 0 amide bonds. The van der Waals surface area contributed by atoms with E-state index in [1.54, 1.807) is 0 Å². The summed E-state index contributed by atoms with van der Waals surface area (Å²) in [4.78, 5) is 41.7. The Bertz CT molecular complexity index is 2340. The summed E-state index contributed by atoms with van der Waals surface area (Å²) in [6, 6.07) is 26.6. The Morgan fingerprint density at radius 2 is 0.615 bits per heavy atom. The van der Waals surface area contributed by atoms with Gasteiger partial charge in [-0.15, -0.1) is 0 Å². The molecule has 0 saturated carbocycles. The fraction of sp³-hybridized carbons (Fsp3) is 0.286. The summed E-state index contributed by atoms with van der Waals surface area (Å²) in [5, 5.41) is 0. The lowest BCUT2D eigenvalue weighted by atomic mass is 9.74. The van der Waals surface area contributed by atoms with Crippen molar-refractivity contribution in [2.75, 3.05) is 0 Å². The van der Waals surface area contributed by atoms with Crippen LogP contribution in [0, 0.1) is 0 Å². The predicted octanol–water partition coefficient (Wildman–Crippen LogP) is 8.55. The van der Waals surface area contributed by atoms with Gasteiger partial charge < -0.3 is 9.05 Å². The van der Waals surface area contributed by atoms with Gasteiger partial charge in [-0.2, -0.15) is 0 Å². The zero-order valence-electron chi connectivity index (χ0n) is 27.7. The van der Waals surface area contributed by atoms with E-state index in [9.17, 15) is 28.7 Å². The predicted molar refractivity (Wildman–Crippen MR) is 191 cm³/mol. The average molecular weight is 727 g/mol. The van der Waals surface area contributed by atoms with Crippen molar-refractivity contribution in [1.29, 1.82) is 0 Å². The summed E-state index contributed by atoms with van der Waals surface area (Å²) < 4.78 is 37.3. The van der Waals surface area contributed by atoms with Crippen LogP contribution < -0.4 is 9.05 Å². The summed E-state index contributed by atoms with van der Waals surface area (Å²) in [6.07, 6.45) is 3.33.